The van der Waals surface area contributed by atoms with Gasteiger partial charge in [-0.25, -0.2) is 4.68 Å². The van der Waals surface area contributed by atoms with Crippen LogP contribution < -0.4 is 5.32 Å². The van der Waals surface area contributed by atoms with Crippen LogP contribution in [0.25, 0.3) is 5.69 Å². The van der Waals surface area contributed by atoms with E-state index >= 15 is 0 Å². The topological polar surface area (TPSA) is 56.1 Å². The number of carbonyl (C=O) groups is 1. The van der Waals surface area contributed by atoms with Gasteiger partial charge >= 0.3 is 12.4 Å². The third kappa shape index (κ3) is 6.72. The predicted molar refractivity (Wildman–Crippen MR) is 107 cm³/mol. The van der Waals surface area contributed by atoms with Crippen molar-refractivity contribution in [1.82, 2.24) is 15.1 Å². The molecule has 0 aliphatic heterocycles. The lowest BCUT2D eigenvalue weighted by Crippen LogP contribution is -2.26. The largest absolute Gasteiger partial charge is 0.434 e. The van der Waals surface area contributed by atoms with Gasteiger partial charge in [-0.05, 0) is 29.3 Å². The van der Waals surface area contributed by atoms with Crippen LogP contribution in [0.2, 0.25) is 5.02 Å². The number of amides is 1. The van der Waals surface area contributed by atoms with Gasteiger partial charge in [0.05, 0.1) is 24.1 Å². The SMILES string of the molecule is O=C(NCc1ccc(COCC(F)(F)F)cc1)c1cnn(-c2cccc(Cl)c2)c1C(F)(F)F. The lowest BCUT2D eigenvalue weighted by atomic mass is 10.1. The Morgan fingerprint density at radius 3 is 2.30 bits per heavy atom. The van der Waals surface area contributed by atoms with Crippen molar-refractivity contribution in [3.05, 3.63) is 82.1 Å². The molecule has 0 fully saturated rings. The van der Waals surface area contributed by atoms with Crippen LogP contribution in [0.3, 0.4) is 0 Å². The number of hydrogen-bond acceptors (Lipinski definition) is 3. The molecule has 176 valence electrons. The molecule has 1 heterocycles. The van der Waals surface area contributed by atoms with Gasteiger partial charge in [-0.15, -0.1) is 0 Å². The smallest absolute Gasteiger partial charge is 0.367 e. The van der Waals surface area contributed by atoms with Gasteiger partial charge < -0.3 is 10.1 Å². The Hall–Kier alpha value is -3.05. The Bertz CT molecular complexity index is 1110. The fourth-order valence-electron chi connectivity index (χ4n) is 2.91. The zero-order chi connectivity index (χ0) is 24.2. The highest BCUT2D eigenvalue weighted by atomic mass is 35.5. The summed E-state index contributed by atoms with van der Waals surface area (Å²) in [4.78, 5) is 12.5. The lowest BCUT2D eigenvalue weighted by Gasteiger charge is -2.13. The summed E-state index contributed by atoms with van der Waals surface area (Å²) < 4.78 is 82.6. The van der Waals surface area contributed by atoms with E-state index in [2.05, 4.69) is 15.2 Å². The van der Waals surface area contributed by atoms with E-state index in [1.807, 2.05) is 0 Å². The number of hydrogen-bond donors (Lipinski definition) is 1. The average Bonchev–Trinajstić information content (AvgIpc) is 3.18. The van der Waals surface area contributed by atoms with E-state index in [1.165, 1.54) is 48.5 Å². The van der Waals surface area contributed by atoms with E-state index in [4.69, 9.17) is 11.6 Å². The van der Waals surface area contributed by atoms with E-state index in [0.717, 1.165) is 6.20 Å². The summed E-state index contributed by atoms with van der Waals surface area (Å²) in [6, 6.07) is 11.6. The van der Waals surface area contributed by atoms with Gasteiger partial charge in [-0.2, -0.15) is 31.4 Å². The number of carbonyl (C=O) groups excluding carboxylic acids is 1. The molecule has 0 saturated heterocycles. The highest BCUT2D eigenvalue weighted by Gasteiger charge is 2.40. The monoisotopic (exact) mass is 491 g/mol. The fourth-order valence-corrected chi connectivity index (χ4v) is 3.09. The fraction of sp³-hybridized carbons (Fsp3) is 0.238. The molecular weight excluding hydrogens is 476 g/mol. The van der Waals surface area contributed by atoms with E-state index < -0.39 is 36.1 Å². The molecule has 3 aromatic rings. The Balaban J connectivity index is 1.69. The summed E-state index contributed by atoms with van der Waals surface area (Å²) in [5.74, 6) is -0.992. The van der Waals surface area contributed by atoms with Crippen LogP contribution in [-0.2, 0) is 24.1 Å². The molecule has 2 aromatic carbocycles. The first-order chi connectivity index (χ1) is 15.4. The van der Waals surface area contributed by atoms with Gasteiger partial charge in [0, 0.05) is 11.6 Å². The van der Waals surface area contributed by atoms with Crippen molar-refractivity contribution < 1.29 is 35.9 Å². The molecule has 1 N–H and O–H groups in total. The van der Waals surface area contributed by atoms with Crippen LogP contribution in [0.4, 0.5) is 26.3 Å². The number of aromatic nitrogens is 2. The summed E-state index contributed by atoms with van der Waals surface area (Å²) >= 11 is 5.85. The highest BCUT2D eigenvalue weighted by Crippen LogP contribution is 2.34. The summed E-state index contributed by atoms with van der Waals surface area (Å²) in [6.07, 6.45) is -8.48. The molecule has 12 heteroatoms. The molecule has 0 radical (unpaired) electrons. The Kier molecular flexibility index (Phi) is 7.33. The second-order valence-corrected chi connectivity index (χ2v) is 7.34. The number of nitrogens with one attached hydrogen (secondary N) is 1. The van der Waals surface area contributed by atoms with Gasteiger partial charge in [-0.1, -0.05) is 41.9 Å². The summed E-state index contributed by atoms with van der Waals surface area (Å²) in [7, 11) is 0. The number of nitrogens with zero attached hydrogens (tertiary/aromatic N) is 2. The van der Waals surface area contributed by atoms with Crippen molar-refractivity contribution in [1.29, 1.82) is 0 Å². The van der Waals surface area contributed by atoms with Crippen molar-refractivity contribution in [3.63, 3.8) is 0 Å². The maximum Gasteiger partial charge on any atom is 0.434 e. The molecule has 0 aliphatic rings. The summed E-state index contributed by atoms with van der Waals surface area (Å²) in [6.45, 7) is -1.75. The molecule has 1 amide bonds. The first kappa shape index (κ1) is 24.6. The molecule has 3 rings (SSSR count). The normalized spacial score (nSPS) is 12.1. The zero-order valence-corrected chi connectivity index (χ0v) is 17.4. The second kappa shape index (κ2) is 9.84. The lowest BCUT2D eigenvalue weighted by molar-refractivity contribution is -0.176. The molecule has 0 spiro atoms. The maximum atomic E-state index is 13.7. The molecule has 0 aliphatic carbocycles. The van der Waals surface area contributed by atoms with Crippen molar-refractivity contribution >= 4 is 17.5 Å². The first-order valence-electron chi connectivity index (χ1n) is 9.36. The maximum absolute atomic E-state index is 13.7. The minimum Gasteiger partial charge on any atom is -0.367 e. The molecule has 1 aromatic heterocycles. The third-order valence-corrected chi connectivity index (χ3v) is 4.58. The predicted octanol–water partition coefficient (Wildman–Crippen LogP) is 5.55. The standard InChI is InChI=1S/C21H16ClF6N3O2/c22-15-2-1-3-16(8-15)31-18(21(26,27)28)17(10-30-31)19(32)29-9-13-4-6-14(7-5-13)11-33-12-20(23,24)25/h1-8,10H,9,11-12H2,(H,29,32). The molecule has 0 saturated carbocycles. The highest BCUT2D eigenvalue weighted by molar-refractivity contribution is 6.30. The quantitative estimate of drug-likeness (QED) is 0.441. The Morgan fingerprint density at radius 1 is 1.03 bits per heavy atom. The molecule has 5 nitrogen and oxygen atoms in total. The number of alkyl halides is 6. The van der Waals surface area contributed by atoms with E-state index in [0.29, 0.717) is 15.8 Å². The number of halogens is 7. The van der Waals surface area contributed by atoms with Crippen molar-refractivity contribution in [3.8, 4) is 5.69 Å². The molecule has 33 heavy (non-hydrogen) atoms. The van der Waals surface area contributed by atoms with Crippen LogP contribution >= 0.6 is 11.6 Å². The van der Waals surface area contributed by atoms with E-state index in [-0.39, 0.29) is 23.9 Å². The van der Waals surface area contributed by atoms with Crippen molar-refractivity contribution in [2.45, 2.75) is 25.5 Å². The van der Waals surface area contributed by atoms with Crippen molar-refractivity contribution in [2.24, 2.45) is 0 Å². The summed E-state index contributed by atoms with van der Waals surface area (Å²) in [5, 5.41) is 6.30. The first-order valence-corrected chi connectivity index (χ1v) is 9.73. The summed E-state index contributed by atoms with van der Waals surface area (Å²) in [5.41, 5.74) is -0.883. The van der Waals surface area contributed by atoms with Crippen LogP contribution in [0.1, 0.15) is 27.2 Å². The number of ether oxygens (including phenoxy) is 1. The van der Waals surface area contributed by atoms with Gasteiger partial charge in [-0.3, -0.25) is 4.79 Å². The van der Waals surface area contributed by atoms with E-state index in [9.17, 15) is 31.1 Å². The van der Waals surface area contributed by atoms with Gasteiger partial charge in [0.25, 0.3) is 5.91 Å². The number of rotatable bonds is 7. The molecule has 0 unspecified atom stereocenters. The molecule has 0 bridgehead atoms. The average molecular weight is 492 g/mol. The molecule has 0 atom stereocenters. The van der Waals surface area contributed by atoms with E-state index in [1.54, 1.807) is 0 Å². The number of benzene rings is 2. The van der Waals surface area contributed by atoms with Crippen LogP contribution in [-0.4, -0.2) is 28.5 Å². The van der Waals surface area contributed by atoms with Crippen LogP contribution in [0, 0.1) is 0 Å². The second-order valence-electron chi connectivity index (χ2n) is 6.90. The van der Waals surface area contributed by atoms with Crippen LogP contribution in [0.15, 0.2) is 54.7 Å². The minimum absolute atomic E-state index is 0.0391. The van der Waals surface area contributed by atoms with Gasteiger partial charge in [0.1, 0.15) is 6.61 Å². The van der Waals surface area contributed by atoms with Crippen molar-refractivity contribution in [2.75, 3.05) is 6.61 Å². The minimum atomic E-state index is -4.87. The zero-order valence-electron chi connectivity index (χ0n) is 16.7. The van der Waals surface area contributed by atoms with Gasteiger partial charge in [0.2, 0.25) is 0 Å². The Morgan fingerprint density at radius 2 is 1.70 bits per heavy atom. The van der Waals surface area contributed by atoms with Crippen LogP contribution in [0.5, 0.6) is 0 Å². The molecular formula is C21H16ClF6N3O2. The van der Waals surface area contributed by atoms with Gasteiger partial charge in [0.15, 0.2) is 5.69 Å². The Labute approximate surface area is 188 Å². The third-order valence-electron chi connectivity index (χ3n) is 4.35.